The molecule has 28 rings (SSSR count). The van der Waals surface area contributed by atoms with E-state index in [9.17, 15) is 0 Å². The van der Waals surface area contributed by atoms with Crippen LogP contribution in [-0.4, -0.2) is 13.7 Å². The molecule has 6 heteroatoms. The van der Waals surface area contributed by atoms with Crippen molar-refractivity contribution in [1.29, 1.82) is 0 Å². The number of hydrogen-bond donors (Lipinski definition) is 0. The van der Waals surface area contributed by atoms with Gasteiger partial charge in [0.15, 0.2) is 0 Å². The highest BCUT2D eigenvalue weighted by molar-refractivity contribution is 9.11. The molecule has 0 N–H and O–H groups in total. The topological polar surface area (TPSA) is 14.8 Å². The van der Waals surface area contributed by atoms with Gasteiger partial charge in [0.2, 0.25) is 0 Å². The lowest BCUT2D eigenvalue weighted by Gasteiger charge is -2.34. The van der Waals surface area contributed by atoms with Crippen LogP contribution in [0.3, 0.4) is 0 Å². The summed E-state index contributed by atoms with van der Waals surface area (Å²) in [5.74, 6) is 0. The molecule has 0 radical (unpaired) electrons. The van der Waals surface area contributed by atoms with E-state index in [0.29, 0.717) is 0 Å². The average Bonchev–Trinajstić information content (AvgIpc) is 1.54. The van der Waals surface area contributed by atoms with Crippen LogP contribution in [0.5, 0.6) is 0 Å². The molecule has 22 aromatic carbocycles. The third kappa shape index (κ3) is 14.2. The van der Waals surface area contributed by atoms with Gasteiger partial charge in [-0.05, 0) is 277 Å². The van der Waals surface area contributed by atoms with Crippen molar-refractivity contribution in [3.8, 4) is 117 Å². The molecular formula is C137H92Br3N3. The van der Waals surface area contributed by atoms with Crippen LogP contribution in [-0.2, 0) is 16.2 Å². The molecule has 25 aromatic rings. The maximum Gasteiger partial charge on any atom is 0.0714 e. The molecule has 0 unspecified atom stereocenters. The summed E-state index contributed by atoms with van der Waals surface area (Å²) in [4.78, 5) is 0. The highest BCUT2D eigenvalue weighted by Crippen LogP contribution is 2.60. The number of para-hydroxylation sites is 3. The van der Waals surface area contributed by atoms with Crippen molar-refractivity contribution in [3.63, 3.8) is 0 Å². The van der Waals surface area contributed by atoms with Gasteiger partial charge in [-0.3, -0.25) is 0 Å². The Morgan fingerprint density at radius 1 is 0.168 bits per heavy atom. The van der Waals surface area contributed by atoms with E-state index >= 15 is 0 Å². The fourth-order valence-corrected chi connectivity index (χ4v) is 25.7. The molecule has 3 nitrogen and oxygen atoms in total. The molecule has 0 saturated heterocycles. The number of aromatic nitrogens is 3. The van der Waals surface area contributed by atoms with Gasteiger partial charge in [0.05, 0.1) is 49.6 Å². The molecule has 143 heavy (non-hydrogen) atoms. The number of halogens is 3. The summed E-state index contributed by atoms with van der Waals surface area (Å²) in [5.41, 5.74) is 45.4. The van der Waals surface area contributed by atoms with Gasteiger partial charge < -0.3 is 13.7 Å². The average molecular weight is 2020 g/mol. The summed E-state index contributed by atoms with van der Waals surface area (Å²) in [7, 11) is 0. The molecule has 0 saturated carbocycles. The zero-order valence-electron chi connectivity index (χ0n) is 78.6. The minimum absolute atomic E-state index is 0.0910. The molecule has 676 valence electrons. The van der Waals surface area contributed by atoms with E-state index < -0.39 is 10.8 Å². The van der Waals surface area contributed by atoms with Gasteiger partial charge >= 0.3 is 0 Å². The predicted molar refractivity (Wildman–Crippen MR) is 610 cm³/mol. The van der Waals surface area contributed by atoms with Crippen molar-refractivity contribution in [3.05, 3.63) is 591 Å². The molecule has 3 aliphatic rings. The largest absolute Gasteiger partial charge is 0.309 e. The first-order valence-corrected chi connectivity index (χ1v) is 51.4. The first-order chi connectivity index (χ1) is 70.4. The quantitative estimate of drug-likeness (QED) is 0.109. The zero-order valence-corrected chi connectivity index (χ0v) is 83.4. The van der Waals surface area contributed by atoms with Crippen molar-refractivity contribution >= 4 is 113 Å². The van der Waals surface area contributed by atoms with E-state index in [-0.39, 0.29) is 5.41 Å². The van der Waals surface area contributed by atoms with Gasteiger partial charge in [0.25, 0.3) is 0 Å². The standard InChI is InChI=1S/2C49H32BrN.C39H28BrN/c50-46-24-11-8-20-39(46)35-15-13-14-33(30-35)34-26-29-48-43(31-34)42-22-9-12-25-47(42)51(48)38-27-28-41-40-21-7-10-23-44(40)49(45(41)32-38,36-16-3-1-4-17-36)37-18-5-2-6-19-37;50-46-24-11-8-20-39(46)35-15-13-14-33(30-35)34-26-29-48-43(31-34)41-22-9-12-25-47(41)51(48)38-27-28-45-42(32-38)40-21-7-10-23-44(40)49(45,36-16-3-1-4-17-36)37-18-5-2-6-19-37;1-39(2)33-17-6-3-14-29(33)31-16-10-20-37(38(31)39)41-35-19-8-5-15-30(35)32-24-26(21-22-36(32)41)25-11-9-12-27(23-25)28-13-4-7-18-34(28)40/h2*1-32H;3-24H,1-2H3. The number of rotatable bonds is 13. The summed E-state index contributed by atoms with van der Waals surface area (Å²) >= 11 is 11.2. The van der Waals surface area contributed by atoms with E-state index in [1.54, 1.807) is 0 Å². The lowest BCUT2D eigenvalue weighted by atomic mass is 9.67. The minimum atomic E-state index is -0.449. The Hall–Kier alpha value is -16.3. The SMILES string of the molecule is Brc1ccccc1-c1cccc(-c2ccc3c(c2)c2ccccc2n3-c2ccc3c(c2)-c2ccccc2C3(c2ccccc2)c2ccccc2)c1.Brc1ccccc1-c1cccc(-c2ccc3c(c2)c2ccccc2n3-c2ccc3c(c2)C(c2ccccc2)(c2ccccc2)c2ccccc2-3)c1.CC1(C)c2ccccc2-c2cccc(-n3c4ccccc4c4cc(-c5cccc(-c6ccccc6Br)c5)ccc43)c21. The summed E-state index contributed by atoms with van der Waals surface area (Å²) in [6, 6.07) is 191. The lowest BCUT2D eigenvalue weighted by Crippen LogP contribution is -2.28. The van der Waals surface area contributed by atoms with Gasteiger partial charge in [-0.1, -0.05) is 462 Å². The van der Waals surface area contributed by atoms with Crippen molar-refractivity contribution in [2.75, 3.05) is 0 Å². The third-order valence-corrected chi connectivity index (χ3v) is 32.4. The normalized spacial score (nSPS) is 13.1. The Morgan fingerprint density at radius 2 is 0.455 bits per heavy atom. The molecule has 0 amide bonds. The predicted octanol–water partition coefficient (Wildman–Crippen LogP) is 37.7. The Balaban J connectivity index is 0.000000110. The van der Waals surface area contributed by atoms with E-state index in [4.69, 9.17) is 0 Å². The Kier molecular flexibility index (Phi) is 21.6. The second-order valence-corrected chi connectivity index (χ2v) is 40.9. The van der Waals surface area contributed by atoms with Crippen LogP contribution in [0, 0.1) is 0 Å². The molecule has 3 aromatic heterocycles. The molecular weight excluding hydrogens is 1930 g/mol. The molecule has 3 heterocycles. The first kappa shape index (κ1) is 87.0. The lowest BCUT2D eigenvalue weighted by molar-refractivity contribution is 0.656. The van der Waals surface area contributed by atoms with Crippen LogP contribution in [0.25, 0.3) is 183 Å². The van der Waals surface area contributed by atoms with Crippen molar-refractivity contribution in [2.45, 2.75) is 30.1 Å². The van der Waals surface area contributed by atoms with Crippen LogP contribution < -0.4 is 0 Å². The Bertz CT molecular complexity index is 9280. The number of hydrogen-bond acceptors (Lipinski definition) is 0. The van der Waals surface area contributed by atoms with Crippen molar-refractivity contribution in [1.82, 2.24) is 13.7 Å². The minimum Gasteiger partial charge on any atom is -0.309 e. The summed E-state index contributed by atoms with van der Waals surface area (Å²) in [5, 5.41) is 7.54. The van der Waals surface area contributed by atoms with Crippen LogP contribution in [0.4, 0.5) is 0 Å². The molecule has 0 atom stereocenters. The van der Waals surface area contributed by atoms with E-state index in [1.807, 2.05) is 0 Å². The Labute approximate surface area is 857 Å². The fraction of sp³-hybridized carbons (Fsp3) is 0.0365. The summed E-state index contributed by atoms with van der Waals surface area (Å²) < 4.78 is 10.7. The maximum absolute atomic E-state index is 3.76. The van der Waals surface area contributed by atoms with Gasteiger partial charge in [-0.15, -0.1) is 0 Å². The second kappa shape index (κ2) is 35.5. The number of benzene rings is 22. The second-order valence-electron chi connectivity index (χ2n) is 38.3. The third-order valence-electron chi connectivity index (χ3n) is 30.4. The monoisotopic (exact) mass is 2020 g/mol. The molecule has 0 bridgehead atoms. The number of nitrogens with zero attached hydrogens (tertiary/aromatic N) is 3. The van der Waals surface area contributed by atoms with Gasteiger partial charge in [0.1, 0.15) is 0 Å². The van der Waals surface area contributed by atoms with Crippen LogP contribution in [0.2, 0.25) is 0 Å². The van der Waals surface area contributed by atoms with Crippen LogP contribution in [0.1, 0.15) is 69.5 Å². The van der Waals surface area contributed by atoms with E-state index in [0.717, 1.165) is 24.8 Å². The fourth-order valence-electron chi connectivity index (χ4n) is 24.1. The number of fused-ring (bicyclic) bond motifs is 18. The molecule has 0 fully saturated rings. The van der Waals surface area contributed by atoms with E-state index in [2.05, 4.69) is 597 Å². The highest BCUT2D eigenvalue weighted by Gasteiger charge is 2.48. The van der Waals surface area contributed by atoms with Gasteiger partial charge in [0, 0.05) is 62.5 Å². The van der Waals surface area contributed by atoms with E-state index in [1.165, 1.54) is 227 Å². The summed E-state index contributed by atoms with van der Waals surface area (Å²) in [6.45, 7) is 4.73. The smallest absolute Gasteiger partial charge is 0.0714 e. The molecule has 3 aliphatic carbocycles. The van der Waals surface area contributed by atoms with Gasteiger partial charge in [-0.2, -0.15) is 0 Å². The van der Waals surface area contributed by atoms with Crippen LogP contribution >= 0.6 is 47.8 Å². The molecule has 0 aliphatic heterocycles. The Morgan fingerprint density at radius 3 is 0.881 bits per heavy atom. The highest BCUT2D eigenvalue weighted by atomic mass is 79.9. The van der Waals surface area contributed by atoms with Crippen molar-refractivity contribution in [2.24, 2.45) is 0 Å². The summed E-state index contributed by atoms with van der Waals surface area (Å²) in [6.07, 6.45) is 0. The molecule has 0 spiro atoms. The van der Waals surface area contributed by atoms with Crippen LogP contribution in [0.15, 0.2) is 535 Å². The first-order valence-electron chi connectivity index (χ1n) is 49.1. The van der Waals surface area contributed by atoms with Gasteiger partial charge in [-0.25, -0.2) is 0 Å². The van der Waals surface area contributed by atoms with Crippen molar-refractivity contribution < 1.29 is 0 Å². The maximum atomic E-state index is 3.76. The zero-order chi connectivity index (χ0) is 95.6.